The molecule has 0 aliphatic rings. The highest BCUT2D eigenvalue weighted by atomic mass is 16.5. The molecule has 0 saturated heterocycles. The molecule has 3 nitrogen and oxygen atoms in total. The average Bonchev–Trinajstić information content (AvgIpc) is 2.20. The van der Waals surface area contributed by atoms with Crippen molar-refractivity contribution in [2.45, 2.75) is 20.3 Å². The smallest absolute Gasteiger partial charge is 0.119 e. The van der Waals surface area contributed by atoms with E-state index >= 15 is 0 Å². The van der Waals surface area contributed by atoms with Gasteiger partial charge in [0.05, 0.1) is 12.4 Å². The highest BCUT2D eigenvalue weighted by Crippen LogP contribution is 2.11. The van der Waals surface area contributed by atoms with Crippen molar-refractivity contribution < 1.29 is 4.74 Å². The van der Waals surface area contributed by atoms with Crippen LogP contribution in [0.3, 0.4) is 0 Å². The van der Waals surface area contributed by atoms with Crippen molar-refractivity contribution in [3.05, 3.63) is 29.8 Å². The molecule has 0 aliphatic heterocycles. The molecular weight excluding hydrogens is 188 g/mol. The Hall–Kier alpha value is -1.51. The molecule has 0 radical (unpaired) electrons. The number of ether oxygens (including phenoxy) is 1. The van der Waals surface area contributed by atoms with E-state index in [2.05, 4.69) is 12.2 Å². The number of hydrogen-bond acceptors (Lipinski definition) is 2. The van der Waals surface area contributed by atoms with E-state index in [1.807, 2.05) is 24.3 Å². The highest BCUT2D eigenvalue weighted by molar-refractivity contribution is 5.75. The van der Waals surface area contributed by atoms with E-state index in [9.17, 15) is 0 Å². The molecule has 82 valence electrons. The van der Waals surface area contributed by atoms with Gasteiger partial charge in [0.2, 0.25) is 0 Å². The lowest BCUT2D eigenvalue weighted by Gasteiger charge is -2.07. The Balaban J connectivity index is 2.15. The monoisotopic (exact) mass is 206 g/mol. The van der Waals surface area contributed by atoms with Crippen molar-refractivity contribution in [3.8, 4) is 5.75 Å². The summed E-state index contributed by atoms with van der Waals surface area (Å²) in [5.41, 5.74) is 1.24. The van der Waals surface area contributed by atoms with Crippen LogP contribution in [0, 0.1) is 12.3 Å². The second-order valence-electron chi connectivity index (χ2n) is 3.57. The summed E-state index contributed by atoms with van der Waals surface area (Å²) < 4.78 is 5.53. The third-order valence-corrected chi connectivity index (χ3v) is 2.00. The first-order valence-electron chi connectivity index (χ1n) is 5.17. The van der Waals surface area contributed by atoms with Crippen LogP contribution in [0.1, 0.15) is 18.9 Å². The highest BCUT2D eigenvalue weighted by Gasteiger charge is 1.93. The van der Waals surface area contributed by atoms with Crippen LogP contribution in [0.15, 0.2) is 24.3 Å². The summed E-state index contributed by atoms with van der Waals surface area (Å²) in [6.45, 7) is 5.27. The number of hydrogen-bond donors (Lipinski definition) is 2. The molecule has 0 aromatic heterocycles. The maximum atomic E-state index is 7.17. The molecule has 0 saturated carbocycles. The van der Waals surface area contributed by atoms with Crippen molar-refractivity contribution in [2.24, 2.45) is 0 Å². The van der Waals surface area contributed by atoms with E-state index in [0.717, 1.165) is 18.7 Å². The normalized spacial score (nSPS) is 9.73. The van der Waals surface area contributed by atoms with Gasteiger partial charge in [0.15, 0.2) is 0 Å². The molecule has 0 bridgehead atoms. The molecule has 0 amide bonds. The Morgan fingerprint density at radius 3 is 2.60 bits per heavy atom. The lowest BCUT2D eigenvalue weighted by atomic mass is 10.2. The van der Waals surface area contributed by atoms with E-state index in [1.165, 1.54) is 5.56 Å². The Bertz CT molecular complexity index is 306. The minimum absolute atomic E-state index is 0.505. The van der Waals surface area contributed by atoms with Crippen LogP contribution in [0.25, 0.3) is 0 Å². The van der Waals surface area contributed by atoms with Gasteiger partial charge < -0.3 is 10.1 Å². The van der Waals surface area contributed by atoms with Crippen LogP contribution >= 0.6 is 0 Å². The molecule has 1 aromatic carbocycles. The Morgan fingerprint density at radius 1 is 1.33 bits per heavy atom. The van der Waals surface area contributed by atoms with Crippen LogP contribution in [-0.2, 0) is 0 Å². The summed E-state index contributed by atoms with van der Waals surface area (Å²) in [5, 5.41) is 10.1. The molecular formula is C12H18N2O. The first kappa shape index (κ1) is 11.6. The predicted octanol–water partition coefficient (Wildman–Crippen LogP) is 2.35. The van der Waals surface area contributed by atoms with Gasteiger partial charge in [-0.15, -0.1) is 0 Å². The van der Waals surface area contributed by atoms with Gasteiger partial charge in [-0.25, -0.2) is 0 Å². The zero-order chi connectivity index (χ0) is 11.1. The summed E-state index contributed by atoms with van der Waals surface area (Å²) in [5.74, 6) is 1.41. The number of rotatable bonds is 5. The molecule has 0 heterocycles. The van der Waals surface area contributed by atoms with Crippen molar-refractivity contribution in [2.75, 3.05) is 13.2 Å². The van der Waals surface area contributed by atoms with Gasteiger partial charge in [-0.1, -0.05) is 17.7 Å². The quantitative estimate of drug-likeness (QED) is 0.441. The first-order valence-corrected chi connectivity index (χ1v) is 5.17. The molecule has 0 unspecified atom stereocenters. The van der Waals surface area contributed by atoms with Gasteiger partial charge in [-0.05, 0) is 32.4 Å². The van der Waals surface area contributed by atoms with Crippen molar-refractivity contribution in [1.29, 1.82) is 5.41 Å². The lowest BCUT2D eigenvalue weighted by molar-refractivity contribution is 0.311. The second-order valence-corrected chi connectivity index (χ2v) is 3.57. The molecule has 3 heteroatoms. The summed E-state index contributed by atoms with van der Waals surface area (Å²) in [4.78, 5) is 0. The van der Waals surface area contributed by atoms with Gasteiger partial charge in [-0.3, -0.25) is 5.41 Å². The van der Waals surface area contributed by atoms with Crippen LogP contribution in [0.2, 0.25) is 0 Å². The molecule has 1 aromatic rings. The zero-order valence-electron chi connectivity index (χ0n) is 9.34. The Labute approximate surface area is 91.0 Å². The van der Waals surface area contributed by atoms with Gasteiger partial charge >= 0.3 is 0 Å². The largest absolute Gasteiger partial charge is 0.494 e. The Kier molecular flexibility index (Phi) is 4.68. The first-order chi connectivity index (χ1) is 7.18. The molecule has 0 aliphatic carbocycles. The van der Waals surface area contributed by atoms with Crippen molar-refractivity contribution in [3.63, 3.8) is 0 Å². The molecule has 0 fully saturated rings. The van der Waals surface area contributed by atoms with Gasteiger partial charge in [-0.2, -0.15) is 0 Å². The van der Waals surface area contributed by atoms with E-state index < -0.39 is 0 Å². The fourth-order valence-electron chi connectivity index (χ4n) is 1.17. The van der Waals surface area contributed by atoms with Crippen LogP contribution in [0.5, 0.6) is 5.75 Å². The minimum atomic E-state index is 0.505. The number of benzene rings is 1. The zero-order valence-corrected chi connectivity index (χ0v) is 9.34. The fraction of sp³-hybridized carbons (Fsp3) is 0.417. The topological polar surface area (TPSA) is 45.1 Å². The SMILES string of the molecule is CC(=N)NCCCOc1ccc(C)cc1. The van der Waals surface area contributed by atoms with Crippen LogP contribution < -0.4 is 10.1 Å². The van der Waals surface area contributed by atoms with Crippen molar-refractivity contribution >= 4 is 5.84 Å². The third kappa shape index (κ3) is 5.05. The van der Waals surface area contributed by atoms with E-state index in [1.54, 1.807) is 6.92 Å². The van der Waals surface area contributed by atoms with Gasteiger partial charge in [0.25, 0.3) is 0 Å². The van der Waals surface area contributed by atoms with Crippen LogP contribution in [0.4, 0.5) is 0 Å². The summed E-state index contributed by atoms with van der Waals surface area (Å²) in [6.07, 6.45) is 0.907. The number of amidine groups is 1. The summed E-state index contributed by atoms with van der Waals surface area (Å²) >= 11 is 0. The average molecular weight is 206 g/mol. The van der Waals surface area contributed by atoms with E-state index in [4.69, 9.17) is 10.1 Å². The molecule has 0 spiro atoms. The fourth-order valence-corrected chi connectivity index (χ4v) is 1.17. The van der Waals surface area contributed by atoms with Gasteiger partial charge in [0, 0.05) is 6.54 Å². The summed E-state index contributed by atoms with van der Waals surface area (Å²) in [6, 6.07) is 8.03. The van der Waals surface area contributed by atoms with E-state index in [0.29, 0.717) is 12.4 Å². The molecule has 15 heavy (non-hydrogen) atoms. The third-order valence-electron chi connectivity index (χ3n) is 2.00. The standard InChI is InChI=1S/C12H18N2O/c1-10-4-6-12(7-5-10)15-9-3-8-14-11(2)13/h4-7H,3,8-9H2,1-2H3,(H2,13,14). The van der Waals surface area contributed by atoms with Gasteiger partial charge in [0.1, 0.15) is 5.75 Å². The summed E-state index contributed by atoms with van der Waals surface area (Å²) in [7, 11) is 0. The number of aryl methyl sites for hydroxylation is 1. The maximum Gasteiger partial charge on any atom is 0.119 e. The molecule has 1 rings (SSSR count). The Morgan fingerprint density at radius 2 is 2.00 bits per heavy atom. The van der Waals surface area contributed by atoms with Crippen molar-refractivity contribution in [1.82, 2.24) is 5.32 Å². The molecule has 2 N–H and O–H groups in total. The molecule has 0 atom stereocenters. The van der Waals surface area contributed by atoms with Crippen LogP contribution in [-0.4, -0.2) is 19.0 Å². The van der Waals surface area contributed by atoms with E-state index in [-0.39, 0.29) is 0 Å². The number of nitrogens with one attached hydrogen (secondary N) is 2. The maximum absolute atomic E-state index is 7.17. The predicted molar refractivity (Wildman–Crippen MR) is 62.7 cm³/mol. The lowest BCUT2D eigenvalue weighted by Crippen LogP contribution is -2.21. The second kappa shape index (κ2) is 6.06. The minimum Gasteiger partial charge on any atom is -0.494 e.